The molecule has 2 N–H and O–H groups in total. The number of anilines is 1. The molecule has 21 heavy (non-hydrogen) atoms. The molecule has 0 radical (unpaired) electrons. The van der Waals surface area contributed by atoms with Gasteiger partial charge in [-0.2, -0.15) is 5.10 Å². The summed E-state index contributed by atoms with van der Waals surface area (Å²) in [5, 5.41) is 16.4. The van der Waals surface area contributed by atoms with Gasteiger partial charge >= 0.3 is 5.97 Å². The van der Waals surface area contributed by atoms with Crippen LogP contribution in [-0.2, 0) is 9.59 Å². The molecule has 0 unspecified atom stereocenters. The van der Waals surface area contributed by atoms with Gasteiger partial charge < -0.3 is 10.4 Å². The molecule has 0 bridgehead atoms. The highest BCUT2D eigenvalue weighted by atomic mass is 16.4. The van der Waals surface area contributed by atoms with Crippen LogP contribution in [0.4, 0.5) is 5.69 Å². The Labute approximate surface area is 122 Å². The molecule has 7 heteroatoms. The molecule has 2 heterocycles. The minimum Gasteiger partial charge on any atom is -0.481 e. The average Bonchev–Trinajstić information content (AvgIpc) is 2.81. The highest BCUT2D eigenvalue weighted by Gasteiger charge is 2.09. The topological polar surface area (TPSA) is 97.1 Å². The molecule has 0 fully saturated rings. The number of fused-ring (bicyclic) bond motifs is 1. The fourth-order valence-corrected chi connectivity index (χ4v) is 2.01. The van der Waals surface area contributed by atoms with Crippen molar-refractivity contribution in [1.82, 2.24) is 14.8 Å². The smallest absolute Gasteiger partial charge is 0.303 e. The molecule has 0 aliphatic rings. The number of carboxylic acid groups (broad SMARTS) is 1. The summed E-state index contributed by atoms with van der Waals surface area (Å²) >= 11 is 0. The van der Waals surface area contributed by atoms with E-state index in [0.29, 0.717) is 12.1 Å². The van der Waals surface area contributed by atoms with Crippen LogP contribution in [0.1, 0.15) is 39.2 Å². The lowest BCUT2D eigenvalue weighted by Gasteiger charge is -2.07. The predicted octanol–water partition coefficient (Wildman–Crippen LogP) is 2.21. The molecular weight excluding hydrogens is 272 g/mol. The third-order valence-corrected chi connectivity index (χ3v) is 3.00. The quantitative estimate of drug-likeness (QED) is 0.850. The molecule has 0 spiro atoms. The number of hydrogen-bond donors (Lipinski definition) is 2. The molecule has 0 saturated carbocycles. The molecule has 2 aromatic rings. The maximum absolute atomic E-state index is 11.7. The highest BCUT2D eigenvalue weighted by Crippen LogP contribution is 2.19. The second-order valence-electron chi connectivity index (χ2n) is 5.12. The summed E-state index contributed by atoms with van der Waals surface area (Å²) in [6.45, 7) is 4.04. The van der Waals surface area contributed by atoms with E-state index in [2.05, 4.69) is 15.4 Å². The van der Waals surface area contributed by atoms with E-state index in [1.54, 1.807) is 12.4 Å². The number of carbonyl (C=O) groups is 2. The molecule has 1 amide bonds. The first-order chi connectivity index (χ1) is 9.97. The van der Waals surface area contributed by atoms with Crippen molar-refractivity contribution in [3.63, 3.8) is 0 Å². The lowest BCUT2D eigenvalue weighted by atomic mass is 10.2. The number of rotatable bonds is 6. The Hall–Kier alpha value is -2.44. The fraction of sp³-hybridized carbons (Fsp3) is 0.429. The lowest BCUT2D eigenvalue weighted by molar-refractivity contribution is -0.137. The monoisotopic (exact) mass is 290 g/mol. The second kappa shape index (κ2) is 6.34. The number of aromatic nitrogens is 3. The predicted molar refractivity (Wildman–Crippen MR) is 78.0 cm³/mol. The van der Waals surface area contributed by atoms with Crippen LogP contribution in [0.15, 0.2) is 18.5 Å². The first-order valence-corrected chi connectivity index (χ1v) is 6.82. The van der Waals surface area contributed by atoms with Gasteiger partial charge in [-0.15, -0.1) is 0 Å². The normalized spacial score (nSPS) is 11.0. The zero-order chi connectivity index (χ0) is 15.4. The minimum atomic E-state index is -0.896. The van der Waals surface area contributed by atoms with Crippen LogP contribution in [0.5, 0.6) is 0 Å². The number of aliphatic carboxylic acids is 1. The van der Waals surface area contributed by atoms with Crippen LogP contribution in [-0.4, -0.2) is 31.7 Å². The highest BCUT2D eigenvalue weighted by molar-refractivity contribution is 5.92. The van der Waals surface area contributed by atoms with Crippen molar-refractivity contribution < 1.29 is 14.7 Å². The number of nitrogens with zero attached hydrogens (tertiary/aromatic N) is 3. The van der Waals surface area contributed by atoms with Crippen molar-refractivity contribution in [2.45, 2.75) is 39.2 Å². The van der Waals surface area contributed by atoms with Gasteiger partial charge in [-0.25, -0.2) is 9.67 Å². The number of hydrogen-bond acceptors (Lipinski definition) is 4. The Balaban J connectivity index is 2.03. The van der Waals surface area contributed by atoms with Crippen LogP contribution in [0.2, 0.25) is 0 Å². The minimum absolute atomic E-state index is 0.00807. The van der Waals surface area contributed by atoms with Gasteiger partial charge in [0.25, 0.3) is 0 Å². The maximum Gasteiger partial charge on any atom is 0.303 e. The second-order valence-corrected chi connectivity index (χ2v) is 5.12. The number of nitrogens with one attached hydrogen (secondary N) is 1. The van der Waals surface area contributed by atoms with Crippen LogP contribution in [0.3, 0.4) is 0 Å². The van der Waals surface area contributed by atoms with Crippen molar-refractivity contribution in [1.29, 1.82) is 0 Å². The summed E-state index contributed by atoms with van der Waals surface area (Å²) in [5.41, 5.74) is 1.36. The number of carboxylic acids is 1. The first kappa shape index (κ1) is 15.0. The van der Waals surface area contributed by atoms with Crippen LogP contribution >= 0.6 is 0 Å². The third kappa shape index (κ3) is 3.77. The Morgan fingerprint density at radius 2 is 2.10 bits per heavy atom. The Kier molecular flexibility index (Phi) is 4.52. The molecular formula is C14H18N4O3. The van der Waals surface area contributed by atoms with E-state index in [4.69, 9.17) is 5.11 Å². The zero-order valence-electron chi connectivity index (χ0n) is 12.0. The Morgan fingerprint density at radius 1 is 1.33 bits per heavy atom. The van der Waals surface area contributed by atoms with Crippen LogP contribution < -0.4 is 5.32 Å². The van der Waals surface area contributed by atoms with Crippen molar-refractivity contribution in [3.05, 3.63) is 18.5 Å². The molecule has 0 aliphatic heterocycles. The van der Waals surface area contributed by atoms with Crippen LogP contribution in [0.25, 0.3) is 11.0 Å². The van der Waals surface area contributed by atoms with Crippen molar-refractivity contribution in [2.24, 2.45) is 0 Å². The largest absolute Gasteiger partial charge is 0.481 e. The Morgan fingerprint density at radius 3 is 2.76 bits per heavy atom. The van der Waals surface area contributed by atoms with E-state index < -0.39 is 5.97 Å². The summed E-state index contributed by atoms with van der Waals surface area (Å²) in [5.74, 6) is -1.11. The van der Waals surface area contributed by atoms with Crippen molar-refractivity contribution in [2.75, 3.05) is 5.32 Å². The summed E-state index contributed by atoms with van der Waals surface area (Å²) in [6, 6.07) is 2.02. The van der Waals surface area contributed by atoms with Gasteiger partial charge in [-0.05, 0) is 26.3 Å². The molecule has 2 aromatic heterocycles. The van der Waals surface area contributed by atoms with E-state index in [0.717, 1.165) is 11.0 Å². The molecule has 7 nitrogen and oxygen atoms in total. The summed E-state index contributed by atoms with van der Waals surface area (Å²) < 4.78 is 1.81. The number of carbonyl (C=O) groups excluding carboxylic acids is 1. The van der Waals surface area contributed by atoms with E-state index in [-0.39, 0.29) is 24.8 Å². The molecule has 0 aliphatic carbocycles. The van der Waals surface area contributed by atoms with Gasteiger partial charge in [-0.1, -0.05) is 0 Å². The van der Waals surface area contributed by atoms with Gasteiger partial charge in [0, 0.05) is 24.3 Å². The average molecular weight is 290 g/mol. The van der Waals surface area contributed by atoms with E-state index in [1.807, 2.05) is 24.6 Å². The Bertz CT molecular complexity index is 663. The van der Waals surface area contributed by atoms with E-state index in [1.165, 1.54) is 0 Å². The molecule has 0 atom stereocenters. The SMILES string of the molecule is CC(C)n1ncc2cc(NC(=O)CCCC(=O)O)cnc21. The maximum atomic E-state index is 11.7. The van der Waals surface area contributed by atoms with E-state index >= 15 is 0 Å². The summed E-state index contributed by atoms with van der Waals surface area (Å²) in [7, 11) is 0. The molecule has 2 rings (SSSR count). The van der Waals surface area contributed by atoms with Gasteiger partial charge in [0.2, 0.25) is 5.91 Å². The van der Waals surface area contributed by atoms with Crippen molar-refractivity contribution >= 4 is 28.6 Å². The van der Waals surface area contributed by atoms with Crippen LogP contribution in [0, 0.1) is 0 Å². The van der Waals surface area contributed by atoms with Gasteiger partial charge in [-0.3, -0.25) is 9.59 Å². The molecule has 0 aromatic carbocycles. The zero-order valence-corrected chi connectivity index (χ0v) is 12.0. The van der Waals surface area contributed by atoms with Gasteiger partial charge in [0.05, 0.1) is 18.1 Å². The summed E-state index contributed by atoms with van der Waals surface area (Å²) in [6.07, 6.45) is 3.78. The van der Waals surface area contributed by atoms with Gasteiger partial charge in [0.15, 0.2) is 5.65 Å². The molecule has 0 saturated heterocycles. The third-order valence-electron chi connectivity index (χ3n) is 3.00. The number of amides is 1. The van der Waals surface area contributed by atoms with Crippen molar-refractivity contribution in [3.8, 4) is 0 Å². The molecule has 112 valence electrons. The standard InChI is InChI=1S/C14H18N4O3/c1-9(2)18-14-10(7-16-18)6-11(8-15-14)17-12(19)4-3-5-13(20)21/h6-9H,3-5H2,1-2H3,(H,17,19)(H,20,21). The summed E-state index contributed by atoms with van der Waals surface area (Å²) in [4.78, 5) is 26.4. The lowest BCUT2D eigenvalue weighted by Crippen LogP contribution is -2.12. The van der Waals surface area contributed by atoms with E-state index in [9.17, 15) is 9.59 Å². The fourth-order valence-electron chi connectivity index (χ4n) is 2.01. The van der Waals surface area contributed by atoms with Gasteiger partial charge in [0.1, 0.15) is 0 Å². The first-order valence-electron chi connectivity index (χ1n) is 6.82. The number of pyridine rings is 1.